The van der Waals surface area contributed by atoms with Gasteiger partial charge in [0, 0.05) is 14.1 Å². The predicted molar refractivity (Wildman–Crippen MR) is 83.3 cm³/mol. The first-order chi connectivity index (χ1) is 10.2. The third-order valence-electron chi connectivity index (χ3n) is 3.26. The normalized spacial score (nSPS) is 13.6. The van der Waals surface area contributed by atoms with Crippen molar-refractivity contribution >= 4 is 16.1 Å². The van der Waals surface area contributed by atoms with Crippen molar-refractivity contribution in [1.82, 2.24) is 14.1 Å². The molecule has 0 radical (unpaired) electrons. The van der Waals surface area contributed by atoms with Crippen LogP contribution in [0.3, 0.4) is 0 Å². The summed E-state index contributed by atoms with van der Waals surface area (Å²) in [4.78, 5) is 11.6. The van der Waals surface area contributed by atoms with Gasteiger partial charge in [0.05, 0.1) is 12.6 Å². The topological polar surface area (TPSA) is 90.0 Å². The van der Waals surface area contributed by atoms with E-state index >= 15 is 0 Å². The van der Waals surface area contributed by atoms with Gasteiger partial charge < -0.3 is 0 Å². The van der Waals surface area contributed by atoms with Crippen LogP contribution in [0.25, 0.3) is 0 Å². The summed E-state index contributed by atoms with van der Waals surface area (Å²) in [6.45, 7) is 3.30. The van der Waals surface area contributed by atoms with Crippen LogP contribution in [0.15, 0.2) is 30.3 Å². The maximum absolute atomic E-state index is 12.6. The summed E-state index contributed by atoms with van der Waals surface area (Å²) in [5, 5.41) is 8.74. The molecular formula is C14H23N3O4S. The summed E-state index contributed by atoms with van der Waals surface area (Å²) < 4.78 is 27.3. The molecule has 0 heterocycles. The molecule has 7 nitrogen and oxygen atoms in total. The summed E-state index contributed by atoms with van der Waals surface area (Å²) >= 11 is 0. The number of hydrogen-bond donors (Lipinski definition) is 2. The smallest absolute Gasteiger partial charge is 0.282 e. The van der Waals surface area contributed by atoms with Crippen molar-refractivity contribution in [3.05, 3.63) is 35.9 Å². The van der Waals surface area contributed by atoms with Gasteiger partial charge in [-0.15, -0.1) is 0 Å². The first-order valence-corrected chi connectivity index (χ1v) is 8.28. The second-order valence-corrected chi connectivity index (χ2v) is 7.56. The van der Waals surface area contributed by atoms with Gasteiger partial charge in [0.15, 0.2) is 0 Å². The van der Waals surface area contributed by atoms with Gasteiger partial charge >= 0.3 is 0 Å². The minimum atomic E-state index is -3.84. The molecule has 1 atom stereocenters. The lowest BCUT2D eigenvalue weighted by atomic mass is 9.96. The Hall–Kier alpha value is -1.48. The van der Waals surface area contributed by atoms with Crippen LogP contribution in [0.2, 0.25) is 0 Å². The lowest BCUT2D eigenvalue weighted by Crippen LogP contribution is -2.48. The van der Waals surface area contributed by atoms with Crippen LogP contribution >= 0.6 is 0 Å². The van der Waals surface area contributed by atoms with Crippen molar-refractivity contribution in [2.45, 2.75) is 19.9 Å². The highest BCUT2D eigenvalue weighted by atomic mass is 32.2. The van der Waals surface area contributed by atoms with E-state index in [9.17, 15) is 13.2 Å². The zero-order valence-corrected chi connectivity index (χ0v) is 14.0. The number of benzene rings is 1. The van der Waals surface area contributed by atoms with Crippen molar-refractivity contribution in [3.8, 4) is 0 Å². The van der Waals surface area contributed by atoms with Gasteiger partial charge in [0.2, 0.25) is 0 Å². The molecule has 0 aromatic heterocycles. The number of hydrogen-bond acceptors (Lipinski definition) is 4. The number of nitrogens with zero attached hydrogens (tertiary/aromatic N) is 2. The number of carbonyl (C=O) groups excluding carboxylic acids is 1. The highest BCUT2D eigenvalue weighted by molar-refractivity contribution is 7.86. The van der Waals surface area contributed by atoms with Crippen molar-refractivity contribution in [2.75, 3.05) is 20.6 Å². The lowest BCUT2D eigenvalue weighted by molar-refractivity contribution is -0.129. The van der Waals surface area contributed by atoms with Gasteiger partial charge in [0.1, 0.15) is 0 Å². The van der Waals surface area contributed by atoms with E-state index in [1.807, 2.05) is 44.2 Å². The Morgan fingerprint density at radius 2 is 1.77 bits per heavy atom. The van der Waals surface area contributed by atoms with Crippen molar-refractivity contribution in [1.29, 1.82) is 0 Å². The van der Waals surface area contributed by atoms with Crippen molar-refractivity contribution < 1.29 is 18.4 Å². The third-order valence-corrected chi connectivity index (χ3v) is 5.14. The summed E-state index contributed by atoms with van der Waals surface area (Å²) in [6, 6.07) is 8.59. The van der Waals surface area contributed by atoms with E-state index in [0.29, 0.717) is 0 Å². The number of hydroxylamine groups is 1. The Morgan fingerprint density at radius 1 is 1.23 bits per heavy atom. The first kappa shape index (κ1) is 18.6. The Balaban J connectivity index is 3.35. The second kappa shape index (κ2) is 7.68. The van der Waals surface area contributed by atoms with E-state index in [-0.39, 0.29) is 5.92 Å². The quantitative estimate of drug-likeness (QED) is 0.577. The Morgan fingerprint density at radius 3 is 2.18 bits per heavy atom. The molecule has 1 amide bonds. The number of amides is 1. The highest BCUT2D eigenvalue weighted by Crippen LogP contribution is 2.31. The van der Waals surface area contributed by atoms with Gasteiger partial charge in [-0.25, -0.2) is 5.48 Å². The molecule has 1 rings (SSSR count). The lowest BCUT2D eigenvalue weighted by Gasteiger charge is -2.34. The van der Waals surface area contributed by atoms with Gasteiger partial charge in [-0.05, 0) is 11.5 Å². The maximum Gasteiger partial charge on any atom is 0.282 e. The van der Waals surface area contributed by atoms with Gasteiger partial charge in [0.25, 0.3) is 16.1 Å². The molecule has 1 unspecified atom stereocenters. The van der Waals surface area contributed by atoms with Crippen LogP contribution in [-0.4, -0.2) is 48.8 Å². The number of rotatable bonds is 7. The molecule has 124 valence electrons. The fourth-order valence-electron chi connectivity index (χ4n) is 2.24. The molecule has 8 heteroatoms. The van der Waals surface area contributed by atoms with E-state index in [1.165, 1.54) is 19.6 Å². The molecule has 0 aliphatic rings. The van der Waals surface area contributed by atoms with E-state index in [0.717, 1.165) is 14.2 Å². The first-order valence-electron chi connectivity index (χ1n) is 6.89. The minimum absolute atomic E-state index is 0.0661. The molecule has 1 aromatic rings. The monoisotopic (exact) mass is 329 g/mol. The van der Waals surface area contributed by atoms with Gasteiger partial charge in [-0.1, -0.05) is 44.2 Å². The van der Waals surface area contributed by atoms with Crippen molar-refractivity contribution in [2.24, 2.45) is 5.92 Å². The largest absolute Gasteiger partial charge is 0.289 e. The fraction of sp³-hybridized carbons (Fsp3) is 0.500. The molecule has 22 heavy (non-hydrogen) atoms. The summed E-state index contributed by atoms with van der Waals surface area (Å²) in [5.41, 5.74) is 2.27. The Labute approximate surface area is 131 Å². The Kier molecular flexibility index (Phi) is 6.48. The summed E-state index contributed by atoms with van der Waals surface area (Å²) in [5.74, 6) is -0.851. The predicted octanol–water partition coefficient (Wildman–Crippen LogP) is 0.997. The number of carbonyl (C=O) groups is 1. The van der Waals surface area contributed by atoms with Gasteiger partial charge in [-0.2, -0.15) is 17.0 Å². The molecule has 1 aromatic carbocycles. The molecule has 0 aliphatic carbocycles. The minimum Gasteiger partial charge on any atom is -0.289 e. The average molecular weight is 329 g/mol. The number of nitrogens with one attached hydrogen (secondary N) is 1. The molecule has 0 fully saturated rings. The molecule has 0 spiro atoms. The van der Waals surface area contributed by atoms with Crippen LogP contribution in [0.4, 0.5) is 0 Å². The van der Waals surface area contributed by atoms with Crippen molar-refractivity contribution in [3.63, 3.8) is 0 Å². The van der Waals surface area contributed by atoms with E-state index < -0.39 is 28.7 Å². The zero-order chi connectivity index (χ0) is 16.9. The molecule has 0 saturated heterocycles. The molecule has 2 N–H and O–H groups in total. The second-order valence-electron chi connectivity index (χ2n) is 5.47. The van der Waals surface area contributed by atoms with Crippen LogP contribution < -0.4 is 5.48 Å². The summed E-state index contributed by atoms with van der Waals surface area (Å²) in [7, 11) is -1.03. The molecule has 0 bridgehead atoms. The average Bonchev–Trinajstić information content (AvgIpc) is 2.46. The maximum atomic E-state index is 12.6. The SMILES string of the molecule is CC(C)C(c1ccccc1)N(CC(=O)NO)S(=O)(=O)N(C)C. The highest BCUT2D eigenvalue weighted by Gasteiger charge is 2.36. The molecule has 0 aliphatic heterocycles. The van der Waals surface area contributed by atoms with Crippen LogP contribution in [0.5, 0.6) is 0 Å². The van der Waals surface area contributed by atoms with Crippen LogP contribution in [-0.2, 0) is 15.0 Å². The zero-order valence-electron chi connectivity index (χ0n) is 13.2. The standard InChI is InChI=1S/C14H23N3O4S/c1-11(2)14(12-8-6-5-7-9-12)17(10-13(18)15-19)22(20,21)16(3)4/h5-9,11,14,19H,10H2,1-4H3,(H,15,18). The van der Waals surface area contributed by atoms with E-state index in [4.69, 9.17) is 5.21 Å². The molecule has 0 saturated carbocycles. The van der Waals surface area contributed by atoms with Gasteiger partial charge in [-0.3, -0.25) is 10.0 Å². The fourth-order valence-corrected chi connectivity index (χ4v) is 3.60. The molecular weight excluding hydrogens is 306 g/mol. The van der Waals surface area contributed by atoms with E-state index in [2.05, 4.69) is 0 Å². The Bertz CT molecular complexity index is 587. The third kappa shape index (κ3) is 4.26. The summed E-state index contributed by atoms with van der Waals surface area (Å²) in [6.07, 6.45) is 0. The van der Waals surface area contributed by atoms with E-state index in [1.54, 1.807) is 0 Å². The van der Waals surface area contributed by atoms with Crippen LogP contribution in [0.1, 0.15) is 25.5 Å². The van der Waals surface area contributed by atoms with Crippen LogP contribution in [0, 0.1) is 5.92 Å².